The highest BCUT2D eigenvalue weighted by atomic mass is 16.5. The molecule has 24 heavy (non-hydrogen) atoms. The maximum absolute atomic E-state index is 11.1. The van der Waals surface area contributed by atoms with E-state index in [1.54, 1.807) is 0 Å². The summed E-state index contributed by atoms with van der Waals surface area (Å²) in [6.45, 7) is 6.88. The highest BCUT2D eigenvalue weighted by molar-refractivity contribution is 5.88. The number of benzene rings is 1. The third-order valence-electron chi connectivity index (χ3n) is 4.10. The minimum Gasteiger partial charge on any atom is -0.369 e. The smallest absolute Gasteiger partial charge is 0.221 e. The van der Waals surface area contributed by atoms with Crippen molar-refractivity contribution in [3.8, 4) is 0 Å². The molecule has 1 aromatic carbocycles. The van der Waals surface area contributed by atoms with Crippen LogP contribution in [0.5, 0.6) is 0 Å². The van der Waals surface area contributed by atoms with Crippen LogP contribution in [-0.2, 0) is 16.1 Å². The Labute approximate surface area is 142 Å². The number of carbonyl (C=O) groups is 1. The molecule has 2 heterocycles. The van der Waals surface area contributed by atoms with Crippen LogP contribution in [0.15, 0.2) is 42.6 Å². The van der Waals surface area contributed by atoms with E-state index in [-0.39, 0.29) is 12.0 Å². The standard InChI is InChI=1S/C19H23N3O2/c1-14-3-8-18(20-11-14)19-13-22(9-10-24-19)12-16-4-6-17(7-5-16)21-15(2)23/h3-8,11,19H,9-10,12-13H2,1-2H3,(H,21,23). The minimum absolute atomic E-state index is 0.0259. The van der Waals surface area contributed by atoms with Crippen LogP contribution in [0.2, 0.25) is 0 Å². The summed E-state index contributed by atoms with van der Waals surface area (Å²) in [5.41, 5.74) is 4.20. The molecule has 0 radical (unpaired) electrons. The van der Waals surface area contributed by atoms with Gasteiger partial charge >= 0.3 is 0 Å². The normalized spacial score (nSPS) is 18.3. The molecule has 1 unspecified atom stereocenters. The van der Waals surface area contributed by atoms with Gasteiger partial charge in [0.05, 0.1) is 12.3 Å². The number of morpholine rings is 1. The number of pyridine rings is 1. The van der Waals surface area contributed by atoms with Crippen LogP contribution in [0.4, 0.5) is 5.69 Å². The molecular formula is C19H23N3O2. The first kappa shape index (κ1) is 16.6. The molecular weight excluding hydrogens is 302 g/mol. The highest BCUT2D eigenvalue weighted by Gasteiger charge is 2.22. The Balaban J connectivity index is 1.60. The number of rotatable bonds is 4. The molecule has 0 bridgehead atoms. The van der Waals surface area contributed by atoms with Gasteiger partial charge in [-0.2, -0.15) is 0 Å². The number of hydrogen-bond donors (Lipinski definition) is 1. The maximum Gasteiger partial charge on any atom is 0.221 e. The number of nitrogens with one attached hydrogen (secondary N) is 1. The summed E-state index contributed by atoms with van der Waals surface area (Å²) < 4.78 is 5.88. The zero-order valence-corrected chi connectivity index (χ0v) is 14.2. The van der Waals surface area contributed by atoms with Crippen molar-refractivity contribution in [2.75, 3.05) is 25.0 Å². The zero-order valence-electron chi connectivity index (χ0n) is 14.2. The van der Waals surface area contributed by atoms with Crippen LogP contribution in [0.1, 0.15) is 29.8 Å². The van der Waals surface area contributed by atoms with E-state index in [0.29, 0.717) is 6.61 Å². The quantitative estimate of drug-likeness (QED) is 0.939. The molecule has 5 heteroatoms. The van der Waals surface area contributed by atoms with Crippen LogP contribution in [-0.4, -0.2) is 35.5 Å². The van der Waals surface area contributed by atoms with E-state index in [1.165, 1.54) is 12.5 Å². The number of aryl methyl sites for hydroxylation is 1. The van der Waals surface area contributed by atoms with E-state index in [1.807, 2.05) is 31.3 Å². The van der Waals surface area contributed by atoms with Crippen molar-refractivity contribution in [1.29, 1.82) is 0 Å². The maximum atomic E-state index is 11.1. The van der Waals surface area contributed by atoms with E-state index in [4.69, 9.17) is 4.74 Å². The second-order valence-electron chi connectivity index (χ2n) is 6.23. The monoisotopic (exact) mass is 325 g/mol. The van der Waals surface area contributed by atoms with Crippen molar-refractivity contribution in [2.45, 2.75) is 26.5 Å². The van der Waals surface area contributed by atoms with E-state index in [9.17, 15) is 4.79 Å². The van der Waals surface area contributed by atoms with Gasteiger partial charge < -0.3 is 10.1 Å². The Bertz CT molecular complexity index is 683. The molecule has 0 spiro atoms. The molecule has 1 saturated heterocycles. The number of hydrogen-bond acceptors (Lipinski definition) is 4. The molecule has 1 aromatic heterocycles. The van der Waals surface area contributed by atoms with Crippen molar-refractivity contribution >= 4 is 11.6 Å². The number of amides is 1. The van der Waals surface area contributed by atoms with Gasteiger partial charge in [0.1, 0.15) is 6.10 Å². The van der Waals surface area contributed by atoms with Gasteiger partial charge in [0.25, 0.3) is 0 Å². The third-order valence-corrected chi connectivity index (χ3v) is 4.10. The Hall–Kier alpha value is -2.24. The van der Waals surface area contributed by atoms with Gasteiger partial charge in [-0.3, -0.25) is 14.7 Å². The molecule has 1 aliphatic heterocycles. The third kappa shape index (κ3) is 4.40. The Morgan fingerprint density at radius 1 is 1.29 bits per heavy atom. The topological polar surface area (TPSA) is 54.5 Å². The lowest BCUT2D eigenvalue weighted by Gasteiger charge is -2.32. The average molecular weight is 325 g/mol. The zero-order chi connectivity index (χ0) is 16.9. The molecule has 5 nitrogen and oxygen atoms in total. The Kier molecular flexibility index (Phi) is 5.23. The number of carbonyl (C=O) groups excluding carboxylic acids is 1. The highest BCUT2D eigenvalue weighted by Crippen LogP contribution is 2.22. The van der Waals surface area contributed by atoms with Crippen molar-refractivity contribution in [2.24, 2.45) is 0 Å². The molecule has 1 atom stereocenters. The van der Waals surface area contributed by atoms with Crippen LogP contribution in [0.25, 0.3) is 0 Å². The van der Waals surface area contributed by atoms with Gasteiger partial charge in [-0.15, -0.1) is 0 Å². The van der Waals surface area contributed by atoms with Gasteiger partial charge in [0.15, 0.2) is 0 Å². The van der Waals surface area contributed by atoms with Crippen molar-refractivity contribution in [3.05, 3.63) is 59.4 Å². The first-order valence-corrected chi connectivity index (χ1v) is 8.23. The Morgan fingerprint density at radius 2 is 2.08 bits per heavy atom. The molecule has 1 N–H and O–H groups in total. The number of aromatic nitrogens is 1. The van der Waals surface area contributed by atoms with Crippen LogP contribution in [0.3, 0.4) is 0 Å². The van der Waals surface area contributed by atoms with Crippen molar-refractivity contribution < 1.29 is 9.53 Å². The predicted molar refractivity (Wildman–Crippen MR) is 93.7 cm³/mol. The first-order chi connectivity index (χ1) is 11.6. The van der Waals surface area contributed by atoms with E-state index >= 15 is 0 Å². The predicted octanol–water partition coefficient (Wildman–Crippen LogP) is 2.92. The van der Waals surface area contributed by atoms with Crippen molar-refractivity contribution in [3.63, 3.8) is 0 Å². The average Bonchev–Trinajstić information content (AvgIpc) is 2.57. The number of ether oxygens (including phenoxy) is 1. The number of nitrogens with zero attached hydrogens (tertiary/aromatic N) is 2. The summed E-state index contributed by atoms with van der Waals surface area (Å²) in [6.07, 6.45) is 1.91. The minimum atomic E-state index is -0.0515. The van der Waals surface area contributed by atoms with Gasteiger partial charge in [0, 0.05) is 38.4 Å². The molecule has 126 valence electrons. The first-order valence-electron chi connectivity index (χ1n) is 8.23. The van der Waals surface area contributed by atoms with Gasteiger partial charge in [-0.05, 0) is 36.2 Å². The molecule has 0 saturated carbocycles. The molecule has 0 aliphatic carbocycles. The largest absolute Gasteiger partial charge is 0.369 e. The van der Waals surface area contributed by atoms with Gasteiger partial charge in [-0.25, -0.2) is 0 Å². The summed E-state index contributed by atoms with van der Waals surface area (Å²) in [6, 6.07) is 12.1. The Morgan fingerprint density at radius 3 is 2.75 bits per heavy atom. The van der Waals surface area contributed by atoms with E-state index in [0.717, 1.165) is 36.6 Å². The van der Waals surface area contributed by atoms with E-state index in [2.05, 4.69) is 33.4 Å². The second kappa shape index (κ2) is 7.55. The molecule has 2 aromatic rings. The summed E-state index contributed by atoms with van der Waals surface area (Å²) >= 11 is 0. The van der Waals surface area contributed by atoms with Gasteiger partial charge in [-0.1, -0.05) is 18.2 Å². The van der Waals surface area contributed by atoms with E-state index < -0.39 is 0 Å². The van der Waals surface area contributed by atoms with Gasteiger partial charge in [0.2, 0.25) is 5.91 Å². The molecule has 1 aliphatic rings. The van der Waals surface area contributed by atoms with Crippen molar-refractivity contribution in [1.82, 2.24) is 9.88 Å². The lowest BCUT2D eigenvalue weighted by molar-refractivity contribution is -0.114. The summed E-state index contributed by atoms with van der Waals surface area (Å²) in [7, 11) is 0. The SMILES string of the molecule is CC(=O)Nc1ccc(CN2CCOC(c3ccc(C)cn3)C2)cc1. The number of anilines is 1. The van der Waals surface area contributed by atoms with Crippen LogP contribution < -0.4 is 5.32 Å². The fraction of sp³-hybridized carbons (Fsp3) is 0.368. The summed E-state index contributed by atoms with van der Waals surface area (Å²) in [5, 5.41) is 2.79. The lowest BCUT2D eigenvalue weighted by atomic mass is 10.1. The second-order valence-corrected chi connectivity index (χ2v) is 6.23. The van der Waals surface area contributed by atoms with Crippen LogP contribution >= 0.6 is 0 Å². The molecule has 3 rings (SSSR count). The molecule has 1 amide bonds. The van der Waals surface area contributed by atoms with Crippen LogP contribution in [0, 0.1) is 6.92 Å². The lowest BCUT2D eigenvalue weighted by Crippen LogP contribution is -2.38. The summed E-state index contributed by atoms with van der Waals surface area (Å²) in [5.74, 6) is -0.0515. The summed E-state index contributed by atoms with van der Waals surface area (Å²) in [4.78, 5) is 17.9. The molecule has 1 fully saturated rings. The fourth-order valence-corrected chi connectivity index (χ4v) is 2.85. The fourth-order valence-electron chi connectivity index (χ4n) is 2.85.